The van der Waals surface area contributed by atoms with Crippen LogP contribution < -0.4 is 5.32 Å². The van der Waals surface area contributed by atoms with Crippen molar-refractivity contribution in [2.24, 2.45) is 0 Å². The van der Waals surface area contributed by atoms with Gasteiger partial charge in [-0.3, -0.25) is 0 Å². The fraction of sp³-hybridized carbons (Fsp3) is 0.368. The smallest absolute Gasteiger partial charge is 0.178 e. The normalized spacial score (nSPS) is 18.1. The van der Waals surface area contributed by atoms with Gasteiger partial charge in [0.15, 0.2) is 9.84 Å². The largest absolute Gasteiger partial charge is 0.310 e. The van der Waals surface area contributed by atoms with Crippen molar-refractivity contribution in [1.82, 2.24) is 5.32 Å². The average Bonchev–Trinajstić information content (AvgIpc) is 2.55. The first-order valence-electron chi connectivity index (χ1n) is 8.15. The molecule has 23 heavy (non-hydrogen) atoms. The highest BCUT2D eigenvalue weighted by Crippen LogP contribution is 2.34. The van der Waals surface area contributed by atoms with Crippen molar-refractivity contribution in [2.45, 2.75) is 37.1 Å². The SMILES string of the molecule is CCS(=O)(=O)c1ccc([C@H](C)NC[C@@H]2Cc3ccccc32)cc1. The first-order valence-corrected chi connectivity index (χ1v) is 9.80. The second kappa shape index (κ2) is 6.46. The van der Waals surface area contributed by atoms with Crippen LogP contribution in [-0.2, 0) is 16.3 Å². The Bertz CT molecular complexity index is 781. The van der Waals surface area contributed by atoms with E-state index in [0.29, 0.717) is 10.8 Å². The van der Waals surface area contributed by atoms with E-state index < -0.39 is 9.84 Å². The van der Waals surface area contributed by atoms with Crippen LogP contribution in [0.3, 0.4) is 0 Å². The first-order chi connectivity index (χ1) is 11.0. The Kier molecular flexibility index (Phi) is 4.55. The summed E-state index contributed by atoms with van der Waals surface area (Å²) in [6.45, 7) is 4.74. The zero-order chi connectivity index (χ0) is 16.4. The molecule has 122 valence electrons. The summed E-state index contributed by atoms with van der Waals surface area (Å²) in [5.41, 5.74) is 4.03. The molecule has 0 radical (unpaired) electrons. The molecule has 4 heteroatoms. The molecule has 0 bridgehead atoms. The molecule has 0 amide bonds. The van der Waals surface area contributed by atoms with Gasteiger partial charge >= 0.3 is 0 Å². The van der Waals surface area contributed by atoms with Gasteiger partial charge in [0.25, 0.3) is 0 Å². The Morgan fingerprint density at radius 2 is 1.83 bits per heavy atom. The number of rotatable bonds is 6. The van der Waals surface area contributed by atoms with Crippen molar-refractivity contribution in [3.63, 3.8) is 0 Å². The number of fused-ring (bicyclic) bond motifs is 1. The lowest BCUT2D eigenvalue weighted by Gasteiger charge is -2.31. The minimum Gasteiger partial charge on any atom is -0.310 e. The average molecular weight is 329 g/mol. The van der Waals surface area contributed by atoms with E-state index in [2.05, 4.69) is 36.5 Å². The van der Waals surface area contributed by atoms with Gasteiger partial charge in [-0.2, -0.15) is 0 Å². The number of hydrogen-bond donors (Lipinski definition) is 1. The van der Waals surface area contributed by atoms with E-state index in [1.54, 1.807) is 19.1 Å². The van der Waals surface area contributed by atoms with Crippen LogP contribution >= 0.6 is 0 Å². The number of hydrogen-bond acceptors (Lipinski definition) is 3. The molecule has 1 aliphatic carbocycles. The maximum absolute atomic E-state index is 11.8. The van der Waals surface area contributed by atoms with Gasteiger partial charge < -0.3 is 5.32 Å². The van der Waals surface area contributed by atoms with Crippen LogP contribution in [0.2, 0.25) is 0 Å². The van der Waals surface area contributed by atoms with E-state index in [1.807, 2.05) is 12.1 Å². The molecule has 1 N–H and O–H groups in total. The van der Waals surface area contributed by atoms with Crippen LogP contribution in [0.1, 0.15) is 42.5 Å². The Labute approximate surface area is 138 Å². The molecule has 0 fully saturated rings. The summed E-state index contributed by atoms with van der Waals surface area (Å²) in [4.78, 5) is 0.406. The van der Waals surface area contributed by atoms with Gasteiger partial charge in [0, 0.05) is 18.5 Å². The monoisotopic (exact) mass is 329 g/mol. The van der Waals surface area contributed by atoms with Crippen molar-refractivity contribution in [3.8, 4) is 0 Å². The quantitative estimate of drug-likeness (QED) is 0.883. The zero-order valence-electron chi connectivity index (χ0n) is 13.6. The molecule has 1 aliphatic rings. The Balaban J connectivity index is 1.60. The third-order valence-electron chi connectivity index (χ3n) is 4.75. The topological polar surface area (TPSA) is 46.2 Å². The Morgan fingerprint density at radius 1 is 1.13 bits per heavy atom. The fourth-order valence-corrected chi connectivity index (χ4v) is 4.00. The van der Waals surface area contributed by atoms with Crippen LogP contribution in [0.5, 0.6) is 0 Å². The minimum atomic E-state index is -3.12. The molecule has 0 saturated carbocycles. The molecule has 3 nitrogen and oxygen atoms in total. The van der Waals surface area contributed by atoms with Gasteiger partial charge in [0.1, 0.15) is 0 Å². The molecule has 2 aromatic carbocycles. The highest BCUT2D eigenvalue weighted by atomic mass is 32.2. The van der Waals surface area contributed by atoms with Crippen molar-refractivity contribution in [3.05, 3.63) is 65.2 Å². The molecular formula is C19H23NO2S. The Hall–Kier alpha value is -1.65. The van der Waals surface area contributed by atoms with Crippen LogP contribution in [0.25, 0.3) is 0 Å². The van der Waals surface area contributed by atoms with Gasteiger partial charge in [-0.15, -0.1) is 0 Å². The number of sulfone groups is 1. The van der Waals surface area contributed by atoms with Crippen molar-refractivity contribution >= 4 is 9.84 Å². The van der Waals surface area contributed by atoms with Crippen LogP contribution in [-0.4, -0.2) is 20.7 Å². The maximum Gasteiger partial charge on any atom is 0.178 e. The lowest BCUT2D eigenvalue weighted by Crippen LogP contribution is -2.30. The van der Waals surface area contributed by atoms with Crippen LogP contribution in [0.15, 0.2) is 53.4 Å². The van der Waals surface area contributed by atoms with Crippen molar-refractivity contribution < 1.29 is 8.42 Å². The predicted molar refractivity (Wildman–Crippen MR) is 93.5 cm³/mol. The summed E-state index contributed by atoms with van der Waals surface area (Å²) in [5, 5.41) is 3.56. The highest BCUT2D eigenvalue weighted by molar-refractivity contribution is 7.91. The molecule has 2 atom stereocenters. The van der Waals surface area contributed by atoms with Crippen molar-refractivity contribution in [2.75, 3.05) is 12.3 Å². The summed E-state index contributed by atoms with van der Waals surface area (Å²) >= 11 is 0. The second-order valence-electron chi connectivity index (χ2n) is 6.20. The molecule has 0 aliphatic heterocycles. The van der Waals surface area contributed by atoms with Gasteiger partial charge in [0.05, 0.1) is 10.6 Å². The van der Waals surface area contributed by atoms with Crippen LogP contribution in [0.4, 0.5) is 0 Å². The molecule has 0 saturated heterocycles. The van der Waals surface area contributed by atoms with Gasteiger partial charge in [-0.1, -0.05) is 43.3 Å². The number of nitrogens with one attached hydrogen (secondary N) is 1. The van der Waals surface area contributed by atoms with E-state index in [9.17, 15) is 8.42 Å². The lowest BCUT2D eigenvalue weighted by molar-refractivity contribution is 0.489. The van der Waals surface area contributed by atoms with Gasteiger partial charge in [0.2, 0.25) is 0 Å². The maximum atomic E-state index is 11.8. The van der Waals surface area contributed by atoms with E-state index >= 15 is 0 Å². The third-order valence-corrected chi connectivity index (χ3v) is 6.50. The molecule has 0 unspecified atom stereocenters. The zero-order valence-corrected chi connectivity index (χ0v) is 14.4. The van der Waals surface area contributed by atoms with Crippen molar-refractivity contribution in [1.29, 1.82) is 0 Å². The van der Waals surface area contributed by atoms with Crippen LogP contribution in [0, 0.1) is 0 Å². The van der Waals surface area contributed by atoms with Gasteiger partial charge in [-0.25, -0.2) is 8.42 Å². The van der Waals surface area contributed by atoms with E-state index in [0.717, 1.165) is 18.5 Å². The molecule has 0 heterocycles. The summed E-state index contributed by atoms with van der Waals surface area (Å²) in [7, 11) is -3.12. The van der Waals surface area contributed by atoms with Gasteiger partial charge in [-0.05, 0) is 42.2 Å². The molecular weight excluding hydrogens is 306 g/mol. The number of benzene rings is 2. The van der Waals surface area contributed by atoms with E-state index in [4.69, 9.17) is 0 Å². The lowest BCUT2D eigenvalue weighted by atomic mass is 9.77. The molecule has 3 rings (SSSR count). The van der Waals surface area contributed by atoms with E-state index in [1.165, 1.54) is 11.1 Å². The molecule has 0 aromatic heterocycles. The standard InChI is InChI=1S/C19H23NO2S/c1-3-23(21,22)18-10-8-15(9-11-18)14(2)20-13-17-12-16-6-4-5-7-19(16)17/h4-11,14,17,20H,3,12-13H2,1-2H3/t14-,17-/m0/s1. The summed E-state index contributed by atoms with van der Waals surface area (Å²) in [6, 6.07) is 16.1. The third kappa shape index (κ3) is 3.33. The predicted octanol–water partition coefficient (Wildman–Crippen LogP) is 3.47. The second-order valence-corrected chi connectivity index (χ2v) is 8.48. The highest BCUT2D eigenvalue weighted by Gasteiger charge is 2.25. The Morgan fingerprint density at radius 3 is 2.48 bits per heavy atom. The minimum absolute atomic E-state index is 0.140. The molecule has 2 aromatic rings. The fourth-order valence-electron chi connectivity index (χ4n) is 3.11. The summed E-state index contributed by atoms with van der Waals surface area (Å²) in [6.07, 6.45) is 1.14. The molecule has 0 spiro atoms. The first kappa shape index (κ1) is 16.2. The summed E-state index contributed by atoms with van der Waals surface area (Å²) in [5.74, 6) is 0.731. The summed E-state index contributed by atoms with van der Waals surface area (Å²) < 4.78 is 23.7. The van der Waals surface area contributed by atoms with E-state index in [-0.39, 0.29) is 11.8 Å².